The van der Waals surface area contributed by atoms with Crippen LogP contribution in [0.25, 0.3) is 0 Å². The summed E-state index contributed by atoms with van der Waals surface area (Å²) in [6, 6.07) is 2.24. The van der Waals surface area contributed by atoms with Gasteiger partial charge in [0.1, 0.15) is 17.0 Å². The lowest BCUT2D eigenvalue weighted by Gasteiger charge is -2.22. The second-order valence-electron chi connectivity index (χ2n) is 4.20. The summed E-state index contributed by atoms with van der Waals surface area (Å²) < 4.78 is 13.2. The predicted molar refractivity (Wildman–Crippen MR) is 64.0 cm³/mol. The van der Waals surface area contributed by atoms with E-state index in [0.717, 1.165) is 6.07 Å². The zero-order valence-electron chi connectivity index (χ0n) is 9.77. The number of carboxylic acids is 1. The first-order chi connectivity index (χ1) is 8.28. The van der Waals surface area contributed by atoms with Crippen molar-refractivity contribution in [3.8, 4) is 0 Å². The molecule has 0 aliphatic carbocycles. The fourth-order valence-electron chi connectivity index (χ4n) is 1.31. The van der Waals surface area contributed by atoms with Crippen LogP contribution in [0.2, 0.25) is 0 Å². The summed E-state index contributed by atoms with van der Waals surface area (Å²) in [5.74, 6) is -2.20. The summed E-state index contributed by atoms with van der Waals surface area (Å²) >= 11 is 0. The van der Waals surface area contributed by atoms with Gasteiger partial charge in [-0.15, -0.1) is 0 Å². The van der Waals surface area contributed by atoms with E-state index < -0.39 is 35.2 Å². The molecule has 0 spiro atoms. The van der Waals surface area contributed by atoms with Gasteiger partial charge in [0, 0.05) is 6.54 Å². The number of benzene rings is 1. The number of aliphatic hydroxyl groups excluding tert-OH is 1. The van der Waals surface area contributed by atoms with Crippen LogP contribution in [0.1, 0.15) is 17.3 Å². The minimum atomic E-state index is -1.42. The summed E-state index contributed by atoms with van der Waals surface area (Å²) in [6.45, 7) is 0.765. The monoisotopic (exact) mass is 258 g/mol. The molecule has 7 heteroatoms. The molecule has 0 fully saturated rings. The molecule has 1 unspecified atom stereocenters. The second-order valence-corrected chi connectivity index (χ2v) is 4.20. The van der Waals surface area contributed by atoms with E-state index in [4.69, 9.17) is 15.9 Å². The molecular weight excluding hydrogens is 243 g/mol. The smallest absolute Gasteiger partial charge is 0.340 e. The van der Waals surface area contributed by atoms with Crippen LogP contribution in [0, 0.1) is 5.82 Å². The maximum atomic E-state index is 13.2. The van der Waals surface area contributed by atoms with Gasteiger partial charge >= 0.3 is 5.97 Å². The molecule has 0 aliphatic heterocycles. The molecule has 0 saturated carbocycles. The number of nitrogens with one attached hydrogen (secondary N) is 1. The van der Waals surface area contributed by atoms with Crippen LogP contribution in [0.3, 0.4) is 0 Å². The Balaban J connectivity index is 3.03. The van der Waals surface area contributed by atoms with E-state index in [1.807, 2.05) is 0 Å². The van der Waals surface area contributed by atoms with Crippen molar-refractivity contribution in [3.63, 3.8) is 0 Å². The van der Waals surface area contributed by atoms with E-state index in [1.165, 1.54) is 13.0 Å². The van der Waals surface area contributed by atoms with Gasteiger partial charge in [-0.25, -0.2) is 9.18 Å². The molecular formula is C11H15FN2O4. The maximum Gasteiger partial charge on any atom is 0.340 e. The molecule has 0 aliphatic rings. The lowest BCUT2D eigenvalue weighted by molar-refractivity contribution is 0.0132. The van der Waals surface area contributed by atoms with Crippen molar-refractivity contribution in [1.29, 1.82) is 0 Å². The number of aromatic carboxylic acids is 1. The van der Waals surface area contributed by atoms with Crippen LogP contribution >= 0.6 is 0 Å². The van der Waals surface area contributed by atoms with Gasteiger partial charge in [-0.3, -0.25) is 0 Å². The van der Waals surface area contributed by atoms with Crippen LogP contribution in [-0.2, 0) is 0 Å². The molecule has 0 radical (unpaired) electrons. The first kappa shape index (κ1) is 14.2. The number of carbonyl (C=O) groups is 1. The Morgan fingerprint density at radius 1 is 1.56 bits per heavy atom. The third kappa shape index (κ3) is 3.08. The normalized spacial score (nSPS) is 14.0. The zero-order valence-corrected chi connectivity index (χ0v) is 9.77. The van der Waals surface area contributed by atoms with E-state index in [1.54, 1.807) is 0 Å². The SMILES string of the molecule is CC(O)(CO)CNc1ccc(F)c(N)c1C(=O)O. The Morgan fingerprint density at radius 2 is 2.17 bits per heavy atom. The molecule has 1 atom stereocenters. The fourth-order valence-corrected chi connectivity index (χ4v) is 1.31. The molecule has 0 aromatic heterocycles. The van der Waals surface area contributed by atoms with Gasteiger partial charge in [-0.1, -0.05) is 0 Å². The van der Waals surface area contributed by atoms with E-state index in [-0.39, 0.29) is 12.2 Å². The molecule has 1 rings (SSSR count). The highest BCUT2D eigenvalue weighted by Gasteiger charge is 2.22. The predicted octanol–water partition coefficient (Wildman–Crippen LogP) is 0.261. The summed E-state index contributed by atoms with van der Waals surface area (Å²) in [4.78, 5) is 11.0. The zero-order chi connectivity index (χ0) is 13.9. The van der Waals surface area contributed by atoms with E-state index in [9.17, 15) is 14.3 Å². The Labute approximate surface area is 103 Å². The van der Waals surface area contributed by atoms with Gasteiger partial charge in [-0.2, -0.15) is 0 Å². The molecule has 6 nitrogen and oxygen atoms in total. The molecule has 6 N–H and O–H groups in total. The number of carboxylic acid groups (broad SMARTS) is 1. The van der Waals surface area contributed by atoms with Crippen LogP contribution in [-0.4, -0.2) is 40.0 Å². The van der Waals surface area contributed by atoms with Crippen molar-refractivity contribution in [1.82, 2.24) is 0 Å². The van der Waals surface area contributed by atoms with Gasteiger partial charge in [-0.05, 0) is 19.1 Å². The van der Waals surface area contributed by atoms with Crippen molar-refractivity contribution in [2.24, 2.45) is 0 Å². The van der Waals surface area contributed by atoms with Crippen molar-refractivity contribution in [2.45, 2.75) is 12.5 Å². The van der Waals surface area contributed by atoms with Crippen LogP contribution in [0.15, 0.2) is 12.1 Å². The quantitative estimate of drug-likeness (QED) is 0.484. The first-order valence-electron chi connectivity index (χ1n) is 5.17. The third-order valence-corrected chi connectivity index (χ3v) is 2.41. The average Bonchev–Trinajstić information content (AvgIpc) is 2.30. The largest absolute Gasteiger partial charge is 0.478 e. The number of hydrogen-bond donors (Lipinski definition) is 5. The Hall–Kier alpha value is -1.86. The van der Waals surface area contributed by atoms with Crippen molar-refractivity contribution < 1.29 is 24.5 Å². The van der Waals surface area contributed by atoms with Crippen molar-refractivity contribution >= 4 is 17.3 Å². The Kier molecular flexibility index (Phi) is 4.10. The van der Waals surface area contributed by atoms with Gasteiger partial charge in [0.15, 0.2) is 0 Å². The number of hydrogen-bond acceptors (Lipinski definition) is 5. The lowest BCUT2D eigenvalue weighted by Crippen LogP contribution is -2.37. The molecule has 100 valence electrons. The molecule has 0 saturated heterocycles. The average molecular weight is 258 g/mol. The van der Waals surface area contributed by atoms with Gasteiger partial charge in [0.25, 0.3) is 0 Å². The minimum Gasteiger partial charge on any atom is -0.478 e. The first-order valence-corrected chi connectivity index (χ1v) is 5.17. The molecule has 1 aromatic carbocycles. The second kappa shape index (κ2) is 5.19. The third-order valence-electron chi connectivity index (χ3n) is 2.41. The number of nitrogen functional groups attached to an aromatic ring is 1. The minimum absolute atomic E-state index is 0.0788. The lowest BCUT2D eigenvalue weighted by atomic mass is 10.1. The van der Waals surface area contributed by atoms with Crippen molar-refractivity contribution in [3.05, 3.63) is 23.5 Å². The Morgan fingerprint density at radius 3 is 2.67 bits per heavy atom. The fraction of sp³-hybridized carbons (Fsp3) is 0.364. The van der Waals surface area contributed by atoms with Gasteiger partial charge in [0.05, 0.1) is 18.0 Å². The van der Waals surface area contributed by atoms with E-state index >= 15 is 0 Å². The molecule has 18 heavy (non-hydrogen) atoms. The van der Waals surface area contributed by atoms with Crippen LogP contribution < -0.4 is 11.1 Å². The number of nitrogens with two attached hydrogens (primary N) is 1. The van der Waals surface area contributed by atoms with E-state index in [2.05, 4.69) is 5.32 Å². The number of anilines is 2. The topological polar surface area (TPSA) is 116 Å². The van der Waals surface area contributed by atoms with Crippen LogP contribution in [0.4, 0.5) is 15.8 Å². The van der Waals surface area contributed by atoms with Gasteiger partial charge < -0.3 is 26.4 Å². The Bertz CT molecular complexity index is 463. The number of rotatable bonds is 5. The molecule has 0 amide bonds. The summed E-state index contributed by atoms with van der Waals surface area (Å²) in [7, 11) is 0. The van der Waals surface area contributed by atoms with Gasteiger partial charge in [0.2, 0.25) is 0 Å². The summed E-state index contributed by atoms with van der Waals surface area (Å²) in [5.41, 5.74) is 3.13. The van der Waals surface area contributed by atoms with Crippen molar-refractivity contribution in [2.75, 3.05) is 24.2 Å². The molecule has 1 aromatic rings. The standard InChI is InChI=1S/C11H15FN2O4/c1-11(18,5-15)4-14-7-3-2-6(12)9(13)8(7)10(16)17/h2-3,14-15,18H,4-5,13H2,1H3,(H,16,17). The summed E-state index contributed by atoms with van der Waals surface area (Å²) in [6.07, 6.45) is 0. The van der Waals surface area contributed by atoms with Crippen LogP contribution in [0.5, 0.6) is 0 Å². The molecule has 0 bridgehead atoms. The number of halogens is 1. The number of aliphatic hydroxyl groups is 2. The highest BCUT2D eigenvalue weighted by Crippen LogP contribution is 2.25. The molecule has 0 heterocycles. The maximum absolute atomic E-state index is 13.2. The van der Waals surface area contributed by atoms with E-state index in [0.29, 0.717) is 0 Å². The highest BCUT2D eigenvalue weighted by atomic mass is 19.1. The highest BCUT2D eigenvalue weighted by molar-refractivity contribution is 6.00. The summed E-state index contributed by atoms with van der Waals surface area (Å²) in [5, 5.41) is 30.0.